The molecule has 0 spiro atoms. The molecule has 0 bridgehead atoms. The molecule has 0 saturated carbocycles. The van der Waals surface area contributed by atoms with Crippen molar-refractivity contribution < 1.29 is 19.1 Å². The number of nitrogens with one attached hydrogen (secondary N) is 2. The average Bonchev–Trinajstić information content (AvgIpc) is 2.63. The Balaban J connectivity index is 1.76. The van der Waals surface area contributed by atoms with Crippen LogP contribution in [-0.4, -0.2) is 31.4 Å². The third-order valence-electron chi connectivity index (χ3n) is 3.75. The van der Waals surface area contributed by atoms with Crippen molar-refractivity contribution in [3.63, 3.8) is 0 Å². The number of esters is 1. The minimum Gasteiger partial charge on any atom is -0.465 e. The Morgan fingerprint density at radius 1 is 0.923 bits per heavy atom. The van der Waals surface area contributed by atoms with E-state index in [1.165, 1.54) is 14.0 Å². The van der Waals surface area contributed by atoms with E-state index in [9.17, 15) is 14.4 Å². The van der Waals surface area contributed by atoms with E-state index in [0.29, 0.717) is 24.2 Å². The van der Waals surface area contributed by atoms with Crippen molar-refractivity contribution in [1.82, 2.24) is 5.32 Å². The van der Waals surface area contributed by atoms with Gasteiger partial charge in [-0.15, -0.1) is 0 Å². The van der Waals surface area contributed by atoms with Crippen molar-refractivity contribution in [1.29, 1.82) is 0 Å². The molecule has 136 valence electrons. The number of carbonyl (C=O) groups is 3. The monoisotopic (exact) mass is 354 g/mol. The number of amides is 2. The first kappa shape index (κ1) is 19.2. The lowest BCUT2D eigenvalue weighted by Gasteiger charge is -2.07. The Morgan fingerprint density at radius 2 is 1.54 bits per heavy atom. The Morgan fingerprint density at radius 3 is 2.12 bits per heavy atom. The molecule has 26 heavy (non-hydrogen) atoms. The van der Waals surface area contributed by atoms with Gasteiger partial charge in [-0.25, -0.2) is 4.79 Å². The van der Waals surface area contributed by atoms with Gasteiger partial charge < -0.3 is 15.4 Å². The zero-order valence-electron chi connectivity index (χ0n) is 14.9. The molecule has 6 heteroatoms. The molecule has 0 aliphatic rings. The molecular formula is C20H22N2O4. The smallest absolute Gasteiger partial charge is 0.337 e. The number of anilines is 1. The molecule has 2 amide bonds. The first-order valence-electron chi connectivity index (χ1n) is 8.28. The number of rotatable bonds is 7. The molecule has 0 aliphatic carbocycles. The summed E-state index contributed by atoms with van der Waals surface area (Å²) in [5, 5.41) is 5.56. The van der Waals surface area contributed by atoms with Gasteiger partial charge in [0.05, 0.1) is 19.1 Å². The Kier molecular flexibility index (Phi) is 6.91. The number of hydrogen-bond donors (Lipinski definition) is 2. The van der Waals surface area contributed by atoms with E-state index in [-0.39, 0.29) is 24.2 Å². The van der Waals surface area contributed by atoms with Crippen LogP contribution in [-0.2, 0) is 27.2 Å². The van der Waals surface area contributed by atoms with Crippen LogP contribution >= 0.6 is 0 Å². The molecule has 0 aromatic heterocycles. The summed E-state index contributed by atoms with van der Waals surface area (Å²) in [6.07, 6.45) is 0.955. The van der Waals surface area contributed by atoms with Gasteiger partial charge in [0.2, 0.25) is 11.8 Å². The zero-order valence-corrected chi connectivity index (χ0v) is 14.9. The Bertz CT molecular complexity index is 767. The lowest BCUT2D eigenvalue weighted by Crippen LogP contribution is -2.27. The summed E-state index contributed by atoms with van der Waals surface area (Å²) in [5.41, 5.74) is 3.11. The summed E-state index contributed by atoms with van der Waals surface area (Å²) in [5.74, 6) is -0.562. The highest BCUT2D eigenvalue weighted by Gasteiger charge is 2.06. The van der Waals surface area contributed by atoms with Crippen LogP contribution in [0.25, 0.3) is 0 Å². The molecule has 2 N–H and O–H groups in total. The zero-order chi connectivity index (χ0) is 18.9. The molecule has 0 unspecified atom stereocenters. The van der Waals surface area contributed by atoms with Crippen LogP contribution in [0.3, 0.4) is 0 Å². The number of methoxy groups -OCH3 is 1. The van der Waals surface area contributed by atoms with Crippen molar-refractivity contribution in [2.75, 3.05) is 19.0 Å². The summed E-state index contributed by atoms with van der Waals surface area (Å²) in [6.45, 7) is 1.96. The van der Waals surface area contributed by atoms with E-state index in [1.807, 2.05) is 24.3 Å². The fraction of sp³-hybridized carbons (Fsp3) is 0.250. The number of carbonyl (C=O) groups excluding carboxylic acids is 3. The van der Waals surface area contributed by atoms with Gasteiger partial charge in [-0.1, -0.05) is 24.3 Å². The summed E-state index contributed by atoms with van der Waals surface area (Å²) >= 11 is 0. The summed E-state index contributed by atoms with van der Waals surface area (Å²) in [7, 11) is 1.35. The first-order chi connectivity index (χ1) is 12.5. The number of benzene rings is 2. The summed E-state index contributed by atoms with van der Waals surface area (Å²) < 4.78 is 4.65. The van der Waals surface area contributed by atoms with Gasteiger partial charge in [0.15, 0.2) is 0 Å². The van der Waals surface area contributed by atoms with Gasteiger partial charge in [-0.05, 0) is 41.8 Å². The highest BCUT2D eigenvalue weighted by Crippen LogP contribution is 2.10. The van der Waals surface area contributed by atoms with Crippen molar-refractivity contribution >= 4 is 23.5 Å². The number of ether oxygens (including phenoxy) is 1. The van der Waals surface area contributed by atoms with E-state index >= 15 is 0 Å². The largest absolute Gasteiger partial charge is 0.465 e. The van der Waals surface area contributed by atoms with Crippen LogP contribution in [0.1, 0.15) is 28.4 Å². The van der Waals surface area contributed by atoms with Crippen LogP contribution in [0, 0.1) is 0 Å². The molecule has 2 aromatic rings. The molecule has 0 radical (unpaired) electrons. The van der Waals surface area contributed by atoms with Crippen LogP contribution < -0.4 is 10.6 Å². The van der Waals surface area contributed by atoms with E-state index < -0.39 is 0 Å². The standard InChI is InChI=1S/C20H22N2O4/c1-14(23)22-18-9-5-16(6-10-18)13-19(24)21-12-11-15-3-7-17(8-4-15)20(25)26-2/h3-10H,11-13H2,1-2H3,(H,21,24)(H,22,23). The second-order valence-corrected chi connectivity index (χ2v) is 5.84. The Labute approximate surface area is 152 Å². The third-order valence-corrected chi connectivity index (χ3v) is 3.75. The predicted molar refractivity (Wildman–Crippen MR) is 98.9 cm³/mol. The maximum Gasteiger partial charge on any atom is 0.337 e. The van der Waals surface area contributed by atoms with Crippen LogP contribution in [0.15, 0.2) is 48.5 Å². The highest BCUT2D eigenvalue weighted by atomic mass is 16.5. The van der Waals surface area contributed by atoms with Crippen LogP contribution in [0.5, 0.6) is 0 Å². The lowest BCUT2D eigenvalue weighted by molar-refractivity contribution is -0.120. The summed E-state index contributed by atoms with van der Waals surface area (Å²) in [4.78, 5) is 34.4. The van der Waals surface area contributed by atoms with Crippen molar-refractivity contribution in [3.05, 3.63) is 65.2 Å². The molecular weight excluding hydrogens is 332 g/mol. The molecule has 0 saturated heterocycles. The molecule has 2 rings (SSSR count). The normalized spacial score (nSPS) is 10.1. The minimum atomic E-state index is -0.366. The fourth-order valence-corrected chi connectivity index (χ4v) is 2.43. The van der Waals surface area contributed by atoms with Crippen molar-refractivity contribution in [3.8, 4) is 0 Å². The molecule has 2 aromatic carbocycles. The van der Waals surface area contributed by atoms with E-state index in [1.54, 1.807) is 24.3 Å². The van der Waals surface area contributed by atoms with Crippen LogP contribution in [0.4, 0.5) is 5.69 Å². The number of hydrogen-bond acceptors (Lipinski definition) is 4. The van der Waals surface area contributed by atoms with Crippen molar-refractivity contribution in [2.45, 2.75) is 19.8 Å². The second kappa shape index (κ2) is 9.36. The molecule has 0 atom stereocenters. The first-order valence-corrected chi connectivity index (χ1v) is 8.28. The van der Waals surface area contributed by atoms with Gasteiger partial charge in [0.25, 0.3) is 0 Å². The van der Waals surface area contributed by atoms with Gasteiger partial charge in [-0.2, -0.15) is 0 Å². The van der Waals surface area contributed by atoms with Gasteiger partial charge in [-0.3, -0.25) is 9.59 Å². The SMILES string of the molecule is COC(=O)c1ccc(CCNC(=O)Cc2ccc(NC(C)=O)cc2)cc1. The van der Waals surface area contributed by atoms with E-state index in [2.05, 4.69) is 15.4 Å². The topological polar surface area (TPSA) is 84.5 Å². The minimum absolute atomic E-state index is 0.0662. The van der Waals surface area contributed by atoms with Crippen molar-refractivity contribution in [2.24, 2.45) is 0 Å². The van der Waals surface area contributed by atoms with Gasteiger partial charge in [0, 0.05) is 19.2 Å². The molecule has 0 fully saturated rings. The Hall–Kier alpha value is -3.15. The average molecular weight is 354 g/mol. The highest BCUT2D eigenvalue weighted by molar-refractivity contribution is 5.89. The second-order valence-electron chi connectivity index (χ2n) is 5.84. The van der Waals surface area contributed by atoms with E-state index in [0.717, 1.165) is 11.1 Å². The molecule has 0 heterocycles. The summed E-state index contributed by atoms with van der Waals surface area (Å²) in [6, 6.07) is 14.3. The fourth-order valence-electron chi connectivity index (χ4n) is 2.43. The maximum atomic E-state index is 12.0. The van der Waals surface area contributed by atoms with Gasteiger partial charge >= 0.3 is 5.97 Å². The quantitative estimate of drug-likeness (QED) is 0.748. The van der Waals surface area contributed by atoms with Gasteiger partial charge in [0.1, 0.15) is 0 Å². The molecule has 0 aliphatic heterocycles. The van der Waals surface area contributed by atoms with Crippen LogP contribution in [0.2, 0.25) is 0 Å². The maximum absolute atomic E-state index is 12.0. The third kappa shape index (κ3) is 6.05. The predicted octanol–water partition coefficient (Wildman–Crippen LogP) is 2.33. The van der Waals surface area contributed by atoms with E-state index in [4.69, 9.17) is 0 Å². The lowest BCUT2D eigenvalue weighted by atomic mass is 10.1. The molecule has 6 nitrogen and oxygen atoms in total.